The number of ether oxygens (including phenoxy) is 1. The zero-order valence-electron chi connectivity index (χ0n) is 23.7. The summed E-state index contributed by atoms with van der Waals surface area (Å²) >= 11 is 0. The molecule has 0 saturated carbocycles. The highest BCUT2D eigenvalue weighted by Crippen LogP contribution is 2.32. The van der Waals surface area contributed by atoms with Crippen molar-refractivity contribution in [2.45, 2.75) is 136 Å². The van der Waals surface area contributed by atoms with Gasteiger partial charge in [-0.3, -0.25) is 20.4 Å². The Morgan fingerprint density at radius 1 is 0.861 bits per heavy atom. The summed E-state index contributed by atoms with van der Waals surface area (Å²) in [6.07, 6.45) is 1.17. The van der Waals surface area contributed by atoms with Gasteiger partial charge in [0.15, 0.2) is 5.79 Å². The van der Waals surface area contributed by atoms with Crippen LogP contribution < -0.4 is 22.5 Å². The molecule has 2 unspecified atom stereocenters. The standard InChI is InChI=1S/C12H26N2O5.C11H22N2O4/c1-10(2,3)16-18-12(7,8-9(15)14-13)19-17-11(4,5)6;1-8-7-10(2,3)16-17-11(4,15-8)6-5-9(14)13-12/h8,13H2,1-7H3,(H,14,15);8H,5-7,12H2,1-4H3,(H,13,14). The molecule has 1 aliphatic rings. The molecular weight excluding hydrogens is 476 g/mol. The zero-order chi connectivity index (χ0) is 28.4. The molecule has 0 aromatic heterocycles. The van der Waals surface area contributed by atoms with Gasteiger partial charge in [0.1, 0.15) is 5.60 Å². The van der Waals surface area contributed by atoms with Crippen molar-refractivity contribution in [1.82, 2.24) is 10.9 Å². The van der Waals surface area contributed by atoms with Gasteiger partial charge in [0.2, 0.25) is 17.6 Å². The van der Waals surface area contributed by atoms with Crippen LogP contribution in [0.4, 0.5) is 0 Å². The molecule has 1 aliphatic heterocycles. The van der Waals surface area contributed by atoms with Crippen molar-refractivity contribution in [3.05, 3.63) is 0 Å². The molecule has 1 rings (SSSR count). The zero-order valence-corrected chi connectivity index (χ0v) is 23.7. The maximum absolute atomic E-state index is 11.4. The van der Waals surface area contributed by atoms with Crippen molar-refractivity contribution in [2.24, 2.45) is 11.7 Å². The Kier molecular flexibility index (Phi) is 13.4. The summed E-state index contributed by atoms with van der Waals surface area (Å²) in [5.74, 6) is 7.04. The highest BCUT2D eigenvalue weighted by molar-refractivity contribution is 5.76. The number of nitrogens with two attached hydrogens (primary N) is 2. The summed E-state index contributed by atoms with van der Waals surface area (Å²) in [5, 5.41) is 0. The van der Waals surface area contributed by atoms with Crippen molar-refractivity contribution in [2.75, 3.05) is 0 Å². The molecule has 13 nitrogen and oxygen atoms in total. The van der Waals surface area contributed by atoms with Crippen LogP contribution >= 0.6 is 0 Å². The van der Waals surface area contributed by atoms with Gasteiger partial charge in [-0.05, 0) is 76.2 Å². The van der Waals surface area contributed by atoms with E-state index >= 15 is 0 Å². The van der Waals surface area contributed by atoms with E-state index in [9.17, 15) is 9.59 Å². The van der Waals surface area contributed by atoms with Gasteiger partial charge in [-0.25, -0.2) is 31.2 Å². The summed E-state index contributed by atoms with van der Waals surface area (Å²) in [6.45, 7) is 20.0. The Morgan fingerprint density at radius 3 is 1.75 bits per heavy atom. The van der Waals surface area contributed by atoms with E-state index < -0.39 is 34.3 Å². The molecule has 2 atom stereocenters. The monoisotopic (exact) mass is 524 g/mol. The van der Waals surface area contributed by atoms with Gasteiger partial charge in [0.25, 0.3) is 0 Å². The Morgan fingerprint density at radius 2 is 1.33 bits per heavy atom. The highest BCUT2D eigenvalue weighted by atomic mass is 17.3. The molecule has 0 radical (unpaired) electrons. The lowest BCUT2D eigenvalue weighted by molar-refractivity contribution is -0.535. The van der Waals surface area contributed by atoms with Crippen LogP contribution in [-0.2, 0) is 43.7 Å². The van der Waals surface area contributed by atoms with Crippen LogP contribution in [0.2, 0.25) is 0 Å². The Balaban J connectivity index is 0.000000684. The van der Waals surface area contributed by atoms with Gasteiger partial charge in [-0.2, -0.15) is 9.78 Å². The third-order valence-corrected chi connectivity index (χ3v) is 4.22. The lowest BCUT2D eigenvalue weighted by Gasteiger charge is -2.32. The van der Waals surface area contributed by atoms with Crippen molar-refractivity contribution >= 4 is 11.8 Å². The molecule has 214 valence electrons. The molecule has 1 heterocycles. The second-order valence-electron chi connectivity index (χ2n) is 11.7. The lowest BCUT2D eigenvalue weighted by atomic mass is 10.0. The Labute approximate surface area is 214 Å². The Bertz CT molecular complexity index is 674. The van der Waals surface area contributed by atoms with Crippen LogP contribution in [0.1, 0.15) is 102 Å². The topological polar surface area (TPSA) is 175 Å². The van der Waals surface area contributed by atoms with E-state index in [2.05, 4.69) is 5.43 Å². The largest absolute Gasteiger partial charge is 0.344 e. The molecule has 6 N–H and O–H groups in total. The van der Waals surface area contributed by atoms with Gasteiger partial charge in [0, 0.05) is 19.3 Å². The molecule has 1 saturated heterocycles. The van der Waals surface area contributed by atoms with Crippen LogP contribution in [0.25, 0.3) is 0 Å². The fraction of sp³-hybridized carbons (Fsp3) is 0.913. The minimum absolute atomic E-state index is 0.00145. The van der Waals surface area contributed by atoms with E-state index in [1.165, 1.54) is 6.92 Å². The van der Waals surface area contributed by atoms with E-state index in [0.717, 1.165) is 6.42 Å². The van der Waals surface area contributed by atoms with E-state index in [4.69, 9.17) is 45.7 Å². The van der Waals surface area contributed by atoms with Gasteiger partial charge in [-0.1, -0.05) is 0 Å². The number of nitrogens with one attached hydrogen (secondary N) is 2. The predicted molar refractivity (Wildman–Crippen MR) is 131 cm³/mol. The first-order valence-corrected chi connectivity index (χ1v) is 11.9. The normalized spacial score (nSPS) is 22.6. The van der Waals surface area contributed by atoms with Crippen LogP contribution in [0.3, 0.4) is 0 Å². The number of hydrogen-bond donors (Lipinski definition) is 4. The minimum Gasteiger partial charge on any atom is -0.344 e. The molecule has 0 spiro atoms. The fourth-order valence-corrected chi connectivity index (χ4v) is 2.77. The van der Waals surface area contributed by atoms with Gasteiger partial charge < -0.3 is 4.74 Å². The number of hydrazine groups is 2. The first-order chi connectivity index (χ1) is 16.1. The molecule has 0 bridgehead atoms. The van der Waals surface area contributed by atoms with E-state index in [1.807, 2.05) is 26.2 Å². The summed E-state index contributed by atoms with van der Waals surface area (Å²) in [4.78, 5) is 53.9. The van der Waals surface area contributed by atoms with Gasteiger partial charge in [-0.15, -0.1) is 0 Å². The summed E-state index contributed by atoms with van der Waals surface area (Å²) in [5.41, 5.74) is 2.58. The van der Waals surface area contributed by atoms with Crippen LogP contribution in [-0.4, -0.2) is 46.3 Å². The first kappa shape index (κ1) is 34.6. The van der Waals surface area contributed by atoms with Crippen molar-refractivity contribution in [1.29, 1.82) is 0 Å². The van der Waals surface area contributed by atoms with Gasteiger partial charge in [0.05, 0.1) is 23.7 Å². The summed E-state index contributed by atoms with van der Waals surface area (Å²) in [7, 11) is 0. The molecule has 1 fully saturated rings. The van der Waals surface area contributed by atoms with Crippen LogP contribution in [0.5, 0.6) is 0 Å². The second-order valence-corrected chi connectivity index (χ2v) is 11.7. The molecular formula is C23H48N4O9. The molecule has 0 aromatic carbocycles. The number of carbonyl (C=O) groups is 2. The van der Waals surface area contributed by atoms with E-state index in [-0.39, 0.29) is 24.9 Å². The quantitative estimate of drug-likeness (QED) is 0.115. The van der Waals surface area contributed by atoms with Crippen molar-refractivity contribution in [3.8, 4) is 0 Å². The van der Waals surface area contributed by atoms with E-state index in [1.54, 1.807) is 48.5 Å². The third kappa shape index (κ3) is 16.3. The van der Waals surface area contributed by atoms with Crippen LogP contribution in [0, 0.1) is 0 Å². The summed E-state index contributed by atoms with van der Waals surface area (Å²) < 4.78 is 5.76. The predicted octanol–water partition coefficient (Wildman–Crippen LogP) is 2.58. The molecule has 13 heteroatoms. The second kappa shape index (κ2) is 13.9. The first-order valence-electron chi connectivity index (χ1n) is 11.9. The maximum atomic E-state index is 11.4. The number of amides is 2. The average Bonchev–Trinajstić information content (AvgIpc) is 2.83. The molecule has 36 heavy (non-hydrogen) atoms. The van der Waals surface area contributed by atoms with Crippen molar-refractivity contribution in [3.63, 3.8) is 0 Å². The number of rotatable bonds is 9. The Hall–Kier alpha value is -1.42. The summed E-state index contributed by atoms with van der Waals surface area (Å²) in [6, 6.07) is 0. The molecule has 2 amide bonds. The average molecular weight is 525 g/mol. The number of carbonyl (C=O) groups excluding carboxylic acids is 2. The maximum Gasteiger partial charge on any atom is 0.240 e. The number of hydrogen-bond acceptors (Lipinski definition) is 11. The third-order valence-electron chi connectivity index (χ3n) is 4.22. The smallest absolute Gasteiger partial charge is 0.240 e. The molecule has 0 aliphatic carbocycles. The molecule has 0 aromatic rings. The minimum atomic E-state index is -1.40. The van der Waals surface area contributed by atoms with Crippen molar-refractivity contribution < 1.29 is 43.7 Å². The van der Waals surface area contributed by atoms with Gasteiger partial charge >= 0.3 is 0 Å². The van der Waals surface area contributed by atoms with Crippen LogP contribution in [0.15, 0.2) is 0 Å². The fourth-order valence-electron chi connectivity index (χ4n) is 2.77. The SMILES string of the molecule is CC(C)(C)OOC(C)(CC(=O)NN)OOC(C)(C)C.CC1CC(C)(C)OOC(C)(CCC(=O)NN)O1. The lowest BCUT2D eigenvalue weighted by Crippen LogP contribution is -2.44. The van der Waals surface area contributed by atoms with E-state index in [0.29, 0.717) is 6.42 Å². The highest BCUT2D eigenvalue weighted by Gasteiger charge is 2.39.